The van der Waals surface area contributed by atoms with Crippen molar-refractivity contribution in [1.82, 2.24) is 15.0 Å². The van der Waals surface area contributed by atoms with Crippen LogP contribution in [0, 0.1) is 5.92 Å². The van der Waals surface area contributed by atoms with Crippen LogP contribution in [0.2, 0.25) is 0 Å². The summed E-state index contributed by atoms with van der Waals surface area (Å²) in [5.41, 5.74) is 1.48. The Bertz CT molecular complexity index is 1240. The maximum Gasteiger partial charge on any atom is 0.257 e. The SMILES string of the molecule is CCCN(CCC(C)CC)c1cc(C(=O)Nc2cc3cc(-c4cnco4)ccc3cn2)ccn1. The second-order valence-corrected chi connectivity index (χ2v) is 8.64. The maximum atomic E-state index is 13.0. The average molecular weight is 458 g/mol. The van der Waals surface area contributed by atoms with Crippen molar-refractivity contribution in [2.75, 3.05) is 23.3 Å². The summed E-state index contributed by atoms with van der Waals surface area (Å²) in [5, 5.41) is 4.86. The van der Waals surface area contributed by atoms with Crippen molar-refractivity contribution in [3.8, 4) is 11.3 Å². The van der Waals surface area contributed by atoms with Gasteiger partial charge in [0.1, 0.15) is 11.6 Å². The number of fused-ring (bicyclic) bond motifs is 1. The Kier molecular flexibility index (Phi) is 7.52. The Morgan fingerprint density at radius 3 is 2.71 bits per heavy atom. The van der Waals surface area contributed by atoms with Crippen molar-refractivity contribution in [1.29, 1.82) is 0 Å². The lowest BCUT2D eigenvalue weighted by Gasteiger charge is -2.25. The van der Waals surface area contributed by atoms with Crippen LogP contribution in [-0.4, -0.2) is 33.9 Å². The van der Waals surface area contributed by atoms with Crippen LogP contribution in [0.25, 0.3) is 22.1 Å². The first kappa shape index (κ1) is 23.4. The molecule has 0 bridgehead atoms. The number of pyridine rings is 2. The van der Waals surface area contributed by atoms with Crippen molar-refractivity contribution in [2.45, 2.75) is 40.0 Å². The third kappa shape index (κ3) is 5.60. The highest BCUT2D eigenvalue weighted by atomic mass is 16.3. The van der Waals surface area contributed by atoms with Crippen LogP contribution in [0.5, 0.6) is 0 Å². The minimum absolute atomic E-state index is 0.208. The number of benzene rings is 1. The topological polar surface area (TPSA) is 84.2 Å². The Balaban J connectivity index is 1.51. The largest absolute Gasteiger partial charge is 0.444 e. The number of aromatic nitrogens is 3. The molecule has 176 valence electrons. The quantitative estimate of drug-likeness (QED) is 0.306. The number of anilines is 2. The molecular weight excluding hydrogens is 426 g/mol. The molecule has 7 heteroatoms. The highest BCUT2D eigenvalue weighted by molar-refractivity contribution is 6.05. The molecule has 1 atom stereocenters. The third-order valence-electron chi connectivity index (χ3n) is 6.09. The smallest absolute Gasteiger partial charge is 0.257 e. The van der Waals surface area contributed by atoms with E-state index in [-0.39, 0.29) is 5.91 Å². The molecule has 3 aromatic heterocycles. The van der Waals surface area contributed by atoms with Gasteiger partial charge in [-0.05, 0) is 48.4 Å². The number of carbonyl (C=O) groups is 1. The van der Waals surface area contributed by atoms with Crippen molar-refractivity contribution < 1.29 is 9.21 Å². The van der Waals surface area contributed by atoms with Crippen molar-refractivity contribution >= 4 is 28.3 Å². The number of amides is 1. The molecular formula is C27H31N5O2. The average Bonchev–Trinajstić information content (AvgIpc) is 3.41. The van der Waals surface area contributed by atoms with Crippen molar-refractivity contribution in [2.24, 2.45) is 5.92 Å². The first-order valence-corrected chi connectivity index (χ1v) is 11.9. The molecule has 0 aliphatic carbocycles. The minimum Gasteiger partial charge on any atom is -0.444 e. The van der Waals surface area contributed by atoms with Gasteiger partial charge in [-0.15, -0.1) is 0 Å². The van der Waals surface area contributed by atoms with Gasteiger partial charge in [0, 0.05) is 42.0 Å². The van der Waals surface area contributed by atoms with E-state index in [0.717, 1.165) is 54.5 Å². The van der Waals surface area contributed by atoms with Gasteiger partial charge in [0.15, 0.2) is 12.2 Å². The van der Waals surface area contributed by atoms with Crippen LogP contribution in [0.4, 0.5) is 11.6 Å². The molecule has 7 nitrogen and oxygen atoms in total. The molecule has 4 aromatic rings. The van der Waals surface area contributed by atoms with Gasteiger partial charge in [0.25, 0.3) is 5.91 Å². The summed E-state index contributed by atoms with van der Waals surface area (Å²) in [6, 6.07) is 11.4. The number of rotatable bonds is 10. The van der Waals surface area contributed by atoms with Crippen LogP contribution < -0.4 is 10.2 Å². The summed E-state index contributed by atoms with van der Waals surface area (Å²) >= 11 is 0. The number of nitrogens with zero attached hydrogens (tertiary/aromatic N) is 4. The van der Waals surface area contributed by atoms with Crippen molar-refractivity contribution in [3.63, 3.8) is 0 Å². The second-order valence-electron chi connectivity index (χ2n) is 8.64. The normalized spacial score (nSPS) is 12.0. The van der Waals surface area contributed by atoms with Gasteiger partial charge >= 0.3 is 0 Å². The predicted octanol–water partition coefficient (Wildman–Crippen LogP) is 6.19. The molecule has 0 radical (unpaired) electrons. The molecule has 1 aromatic carbocycles. The van der Waals surface area contributed by atoms with E-state index < -0.39 is 0 Å². The van der Waals surface area contributed by atoms with Gasteiger partial charge in [0.2, 0.25) is 0 Å². The van der Waals surface area contributed by atoms with Gasteiger partial charge in [-0.2, -0.15) is 0 Å². The van der Waals surface area contributed by atoms with Crippen LogP contribution >= 0.6 is 0 Å². The summed E-state index contributed by atoms with van der Waals surface area (Å²) in [6.45, 7) is 8.49. The Morgan fingerprint density at radius 1 is 1.06 bits per heavy atom. The Morgan fingerprint density at radius 2 is 1.94 bits per heavy atom. The van der Waals surface area contributed by atoms with E-state index in [1.807, 2.05) is 30.3 Å². The van der Waals surface area contributed by atoms with Gasteiger partial charge in [0.05, 0.1) is 6.20 Å². The molecule has 1 N–H and O–H groups in total. The van der Waals surface area contributed by atoms with Crippen LogP contribution in [-0.2, 0) is 0 Å². The van der Waals surface area contributed by atoms with E-state index in [4.69, 9.17) is 4.42 Å². The monoisotopic (exact) mass is 457 g/mol. The number of hydrogen-bond donors (Lipinski definition) is 1. The molecule has 3 heterocycles. The number of nitrogens with one attached hydrogen (secondary N) is 1. The Labute approximate surface area is 200 Å². The van der Waals surface area contributed by atoms with Crippen LogP contribution in [0.3, 0.4) is 0 Å². The fourth-order valence-electron chi connectivity index (χ4n) is 3.83. The number of oxazole rings is 1. The molecule has 0 spiro atoms. The maximum absolute atomic E-state index is 13.0. The molecule has 0 saturated heterocycles. The zero-order chi connectivity index (χ0) is 23.9. The molecule has 1 unspecified atom stereocenters. The van der Waals surface area contributed by atoms with E-state index >= 15 is 0 Å². The standard InChI is InChI=1S/C27H31N5O2/c1-4-11-32(12-9-19(3)5-2)26-15-21(8-10-29-26)27(33)31-25-14-23-13-20(24-17-28-18-34-24)6-7-22(23)16-30-25/h6-8,10,13-19H,4-5,9,11-12H2,1-3H3,(H,30,31,33). The number of carbonyl (C=O) groups excluding carboxylic acids is 1. The van der Waals surface area contributed by atoms with Gasteiger partial charge in [-0.3, -0.25) is 4.79 Å². The van der Waals surface area contributed by atoms with E-state index in [9.17, 15) is 4.79 Å². The summed E-state index contributed by atoms with van der Waals surface area (Å²) in [6.07, 6.45) is 9.83. The molecule has 34 heavy (non-hydrogen) atoms. The fourth-order valence-corrected chi connectivity index (χ4v) is 3.83. The summed E-state index contributed by atoms with van der Waals surface area (Å²) in [5.74, 6) is 2.47. The lowest BCUT2D eigenvalue weighted by Crippen LogP contribution is -2.27. The summed E-state index contributed by atoms with van der Waals surface area (Å²) in [7, 11) is 0. The highest BCUT2D eigenvalue weighted by Gasteiger charge is 2.14. The van der Waals surface area contributed by atoms with Gasteiger partial charge in [-0.25, -0.2) is 15.0 Å². The second kappa shape index (κ2) is 10.9. The Hall–Kier alpha value is -3.74. The lowest BCUT2D eigenvalue weighted by atomic mass is 10.0. The fraction of sp³-hybridized carbons (Fsp3) is 0.333. The van der Waals surface area contributed by atoms with E-state index in [0.29, 0.717) is 23.1 Å². The van der Waals surface area contributed by atoms with Crippen molar-refractivity contribution in [3.05, 3.63) is 66.9 Å². The zero-order valence-electron chi connectivity index (χ0n) is 20.0. The first-order chi connectivity index (χ1) is 16.6. The van der Waals surface area contributed by atoms with E-state index in [2.05, 4.69) is 45.9 Å². The van der Waals surface area contributed by atoms with E-state index in [1.54, 1.807) is 24.7 Å². The zero-order valence-corrected chi connectivity index (χ0v) is 20.0. The molecule has 0 aliphatic rings. The third-order valence-corrected chi connectivity index (χ3v) is 6.09. The predicted molar refractivity (Wildman–Crippen MR) is 136 cm³/mol. The summed E-state index contributed by atoms with van der Waals surface area (Å²) in [4.78, 5) is 28.2. The number of hydrogen-bond acceptors (Lipinski definition) is 6. The minimum atomic E-state index is -0.208. The van der Waals surface area contributed by atoms with Crippen LogP contribution in [0.15, 0.2) is 65.8 Å². The van der Waals surface area contributed by atoms with Crippen LogP contribution in [0.1, 0.15) is 50.4 Å². The molecule has 0 fully saturated rings. The van der Waals surface area contributed by atoms with Gasteiger partial charge in [-0.1, -0.05) is 39.3 Å². The molecule has 4 rings (SSSR count). The first-order valence-electron chi connectivity index (χ1n) is 11.9. The van der Waals surface area contributed by atoms with Gasteiger partial charge < -0.3 is 14.6 Å². The molecule has 0 saturated carbocycles. The molecule has 1 amide bonds. The molecule has 0 aliphatic heterocycles. The highest BCUT2D eigenvalue weighted by Crippen LogP contribution is 2.25. The van der Waals surface area contributed by atoms with E-state index in [1.165, 1.54) is 6.39 Å². The summed E-state index contributed by atoms with van der Waals surface area (Å²) < 4.78 is 5.40. The lowest BCUT2D eigenvalue weighted by molar-refractivity contribution is 0.102.